The van der Waals surface area contributed by atoms with E-state index in [-0.39, 0.29) is 16.8 Å². The van der Waals surface area contributed by atoms with Gasteiger partial charge in [-0.15, -0.1) is 22.7 Å². The SMILES string of the molecule is N#Cc1c(-n2c3ccccc3c3ccc4sc5ccccc5c4c32)ccc(-c2c(F)c(F)c(F)c(F)c2F)c1-n1c2ccccc2c2ccc3sc4ccccc4c3c21. The number of aromatic nitrogens is 2. The molecule has 0 saturated heterocycles. The summed E-state index contributed by atoms with van der Waals surface area (Å²) >= 11 is 3.22. The van der Waals surface area contributed by atoms with Crippen LogP contribution in [-0.2, 0) is 0 Å². The number of benzene rings is 8. The molecule has 12 aromatic rings. The average Bonchev–Trinajstić information content (AvgIpc) is 4.02. The molecule has 0 aliphatic carbocycles. The van der Waals surface area contributed by atoms with Crippen LogP contribution in [0.25, 0.3) is 106 Å². The van der Waals surface area contributed by atoms with Crippen molar-refractivity contribution in [1.29, 1.82) is 5.26 Å². The molecule has 0 radical (unpaired) electrons. The molecule has 280 valence electrons. The zero-order chi connectivity index (χ0) is 39.8. The summed E-state index contributed by atoms with van der Waals surface area (Å²) < 4.78 is 85.5. The lowest BCUT2D eigenvalue weighted by Gasteiger charge is -2.21. The molecule has 59 heavy (non-hydrogen) atoms. The van der Waals surface area contributed by atoms with Crippen LogP contribution in [0.2, 0.25) is 0 Å². The van der Waals surface area contributed by atoms with Gasteiger partial charge in [-0.05, 0) is 48.5 Å². The van der Waals surface area contributed by atoms with Gasteiger partial charge in [0.05, 0.1) is 39.0 Å². The first kappa shape index (κ1) is 34.0. The van der Waals surface area contributed by atoms with E-state index in [1.807, 2.05) is 102 Å². The Balaban J connectivity index is 1.34. The Hall–Kier alpha value is -7.06. The van der Waals surface area contributed by atoms with Gasteiger partial charge >= 0.3 is 0 Å². The van der Waals surface area contributed by atoms with Crippen LogP contribution >= 0.6 is 22.7 Å². The van der Waals surface area contributed by atoms with E-state index in [1.165, 1.54) is 6.07 Å². The fourth-order valence-corrected chi connectivity index (χ4v) is 11.4. The van der Waals surface area contributed by atoms with Gasteiger partial charge in [-0.25, -0.2) is 22.0 Å². The van der Waals surface area contributed by atoms with Crippen molar-refractivity contribution in [2.24, 2.45) is 0 Å². The predicted molar refractivity (Wildman–Crippen MR) is 231 cm³/mol. The Morgan fingerprint density at radius 2 is 0.881 bits per heavy atom. The van der Waals surface area contributed by atoms with Crippen molar-refractivity contribution in [1.82, 2.24) is 9.13 Å². The second kappa shape index (κ2) is 12.2. The van der Waals surface area contributed by atoms with E-state index in [0.717, 1.165) is 72.9 Å². The fraction of sp³-hybridized carbons (Fsp3) is 0. The minimum absolute atomic E-state index is 0.0181. The maximum absolute atomic E-state index is 16.2. The monoisotopic (exact) mass is 811 g/mol. The van der Waals surface area contributed by atoms with Crippen molar-refractivity contribution in [2.75, 3.05) is 0 Å². The molecule has 3 nitrogen and oxygen atoms in total. The molecule has 0 unspecified atom stereocenters. The third-order valence-electron chi connectivity index (χ3n) is 11.6. The summed E-state index contributed by atoms with van der Waals surface area (Å²) in [5, 5.41) is 18.7. The number of hydrogen-bond acceptors (Lipinski definition) is 3. The molecule has 0 bridgehead atoms. The van der Waals surface area contributed by atoms with Gasteiger partial charge in [0.25, 0.3) is 0 Å². The van der Waals surface area contributed by atoms with Crippen molar-refractivity contribution in [3.63, 3.8) is 0 Å². The fourth-order valence-electron chi connectivity index (χ4n) is 9.17. The number of halogens is 5. The summed E-state index contributed by atoms with van der Waals surface area (Å²) in [6.45, 7) is 0. The van der Waals surface area contributed by atoms with Crippen LogP contribution in [0, 0.1) is 40.4 Å². The van der Waals surface area contributed by atoms with E-state index in [1.54, 1.807) is 33.3 Å². The Bertz CT molecular complexity index is 3850. The second-order valence-corrected chi connectivity index (χ2v) is 16.7. The number of rotatable bonds is 3. The molecule has 0 atom stereocenters. The van der Waals surface area contributed by atoms with Gasteiger partial charge in [0.1, 0.15) is 11.6 Å². The Morgan fingerprint density at radius 1 is 0.424 bits per heavy atom. The summed E-state index contributed by atoms with van der Waals surface area (Å²) in [4.78, 5) is 0. The molecule has 10 heteroatoms. The molecule has 0 fully saturated rings. The van der Waals surface area contributed by atoms with Gasteiger partial charge < -0.3 is 9.13 Å². The van der Waals surface area contributed by atoms with Gasteiger partial charge in [0, 0.05) is 67.5 Å². The van der Waals surface area contributed by atoms with Gasteiger partial charge in [-0.3, -0.25) is 0 Å². The number of para-hydroxylation sites is 2. The average molecular weight is 812 g/mol. The number of thiophene rings is 2. The summed E-state index contributed by atoms with van der Waals surface area (Å²) in [5.41, 5.74) is 1.68. The highest BCUT2D eigenvalue weighted by Gasteiger charge is 2.32. The van der Waals surface area contributed by atoms with E-state index >= 15 is 17.6 Å². The third-order valence-corrected chi connectivity index (χ3v) is 13.8. The molecule has 0 aliphatic heterocycles. The maximum atomic E-state index is 16.2. The zero-order valence-corrected chi connectivity index (χ0v) is 31.9. The molecule has 0 N–H and O–H groups in total. The Labute approximate surface area is 338 Å². The largest absolute Gasteiger partial charge is 0.307 e. The lowest BCUT2D eigenvalue weighted by Crippen LogP contribution is -2.10. The number of fused-ring (bicyclic) bond motifs is 14. The minimum Gasteiger partial charge on any atom is -0.307 e. The highest BCUT2D eigenvalue weighted by molar-refractivity contribution is 7.26. The molecule has 0 saturated carbocycles. The normalized spacial score (nSPS) is 12.1. The van der Waals surface area contributed by atoms with Crippen LogP contribution in [0.4, 0.5) is 22.0 Å². The van der Waals surface area contributed by atoms with E-state index in [0.29, 0.717) is 16.7 Å². The molecule has 0 spiro atoms. The van der Waals surface area contributed by atoms with Crippen molar-refractivity contribution in [3.05, 3.63) is 168 Å². The molecule has 4 heterocycles. The van der Waals surface area contributed by atoms with Crippen molar-refractivity contribution >= 4 is 107 Å². The van der Waals surface area contributed by atoms with E-state index < -0.39 is 34.6 Å². The quantitative estimate of drug-likeness (QED) is 0.0994. The molecule has 0 aliphatic rings. The van der Waals surface area contributed by atoms with Crippen LogP contribution in [0.1, 0.15) is 5.56 Å². The van der Waals surface area contributed by atoms with Gasteiger partial charge in [-0.1, -0.05) is 84.9 Å². The first-order chi connectivity index (χ1) is 28.9. The summed E-state index contributed by atoms with van der Waals surface area (Å²) in [7, 11) is 0. The van der Waals surface area contributed by atoms with E-state index in [2.05, 4.69) is 30.3 Å². The topological polar surface area (TPSA) is 33.6 Å². The smallest absolute Gasteiger partial charge is 0.200 e. The van der Waals surface area contributed by atoms with E-state index in [9.17, 15) is 9.65 Å². The molecule has 0 amide bonds. The number of nitrogens with zero attached hydrogens (tertiary/aromatic N) is 3. The van der Waals surface area contributed by atoms with Crippen molar-refractivity contribution in [2.45, 2.75) is 0 Å². The zero-order valence-electron chi connectivity index (χ0n) is 30.2. The standard InChI is InChI=1S/C49H22F5N3S2/c50-42-41(43(51)45(53)46(54)44(42)52)30-17-20-34(56-32-13-5-1-9-24(32)26-18-21-37-39(48(26)56)28-11-3-7-15-35(28)58-37)31(23-55)47(30)57-33-14-6-2-10-25(33)27-19-22-38-40(49(27)57)29-12-4-8-16-36(29)59-38/h1-22H. The predicted octanol–water partition coefficient (Wildman–Crippen LogP) is 14.9. The molecule has 8 aromatic carbocycles. The van der Waals surface area contributed by atoms with Crippen molar-refractivity contribution < 1.29 is 22.0 Å². The van der Waals surface area contributed by atoms with Crippen LogP contribution in [-0.4, -0.2) is 9.13 Å². The summed E-state index contributed by atoms with van der Waals surface area (Å²) in [6.07, 6.45) is 0. The number of hydrogen-bond donors (Lipinski definition) is 0. The van der Waals surface area contributed by atoms with Gasteiger partial charge in [0.2, 0.25) is 5.82 Å². The number of nitriles is 1. The summed E-state index contributed by atoms with van der Waals surface area (Å²) in [6, 6.07) is 44.8. The lowest BCUT2D eigenvalue weighted by molar-refractivity contribution is 0.381. The Kier molecular flexibility index (Phi) is 7.05. The van der Waals surface area contributed by atoms with Crippen LogP contribution in [0.3, 0.4) is 0 Å². The molecule has 4 aromatic heterocycles. The lowest BCUT2D eigenvalue weighted by atomic mass is 9.96. The molecular formula is C49H22F5N3S2. The first-order valence-electron chi connectivity index (χ1n) is 18.6. The summed E-state index contributed by atoms with van der Waals surface area (Å²) in [5.74, 6) is -10.4. The van der Waals surface area contributed by atoms with Gasteiger partial charge in [-0.2, -0.15) is 5.26 Å². The minimum atomic E-state index is -2.26. The van der Waals surface area contributed by atoms with Crippen LogP contribution < -0.4 is 0 Å². The highest BCUT2D eigenvalue weighted by atomic mass is 32.1. The highest BCUT2D eigenvalue weighted by Crippen LogP contribution is 2.49. The van der Waals surface area contributed by atoms with Crippen LogP contribution in [0.15, 0.2) is 133 Å². The molecule has 12 rings (SSSR count). The third kappa shape index (κ3) is 4.43. The Morgan fingerprint density at radius 3 is 1.42 bits per heavy atom. The van der Waals surface area contributed by atoms with Crippen molar-refractivity contribution in [3.8, 4) is 28.6 Å². The molecular weight excluding hydrogens is 790 g/mol. The second-order valence-electron chi connectivity index (χ2n) is 14.5. The maximum Gasteiger partial charge on any atom is 0.200 e. The van der Waals surface area contributed by atoms with E-state index in [4.69, 9.17) is 0 Å². The first-order valence-corrected chi connectivity index (χ1v) is 20.3. The van der Waals surface area contributed by atoms with Gasteiger partial charge in [0.15, 0.2) is 23.3 Å². The van der Waals surface area contributed by atoms with Crippen LogP contribution in [0.5, 0.6) is 0 Å².